The van der Waals surface area contributed by atoms with Crippen molar-refractivity contribution < 1.29 is 24.5 Å². The van der Waals surface area contributed by atoms with Crippen molar-refractivity contribution in [3.05, 3.63) is 29.8 Å². The minimum Gasteiger partial charge on any atom is -0.496 e. The van der Waals surface area contributed by atoms with Crippen molar-refractivity contribution in [2.75, 3.05) is 7.11 Å². The van der Waals surface area contributed by atoms with Crippen molar-refractivity contribution in [3.63, 3.8) is 0 Å². The Morgan fingerprint density at radius 3 is 2.42 bits per heavy atom. The zero-order valence-electron chi connectivity index (χ0n) is 10.6. The molecule has 1 atom stereocenters. The molecule has 0 aromatic heterocycles. The second-order valence-corrected chi connectivity index (χ2v) is 4.87. The fourth-order valence-electron chi connectivity index (χ4n) is 2.79. The van der Waals surface area contributed by atoms with Crippen molar-refractivity contribution in [1.82, 2.24) is 0 Å². The van der Waals surface area contributed by atoms with E-state index in [1.807, 2.05) is 18.2 Å². The highest BCUT2D eigenvalue weighted by atomic mass is 16.5. The van der Waals surface area contributed by atoms with E-state index in [2.05, 4.69) is 0 Å². The molecule has 19 heavy (non-hydrogen) atoms. The topological polar surface area (TPSA) is 83.8 Å². The third kappa shape index (κ3) is 2.16. The molecule has 0 amide bonds. The van der Waals surface area contributed by atoms with Gasteiger partial charge in [-0.2, -0.15) is 0 Å². The van der Waals surface area contributed by atoms with Gasteiger partial charge in [0.15, 0.2) is 5.41 Å². The van der Waals surface area contributed by atoms with Crippen molar-refractivity contribution >= 4 is 11.9 Å². The number of carboxylic acid groups (broad SMARTS) is 2. The third-order valence-electron chi connectivity index (χ3n) is 3.91. The number of ether oxygens (including phenoxy) is 1. The fourth-order valence-corrected chi connectivity index (χ4v) is 2.79. The van der Waals surface area contributed by atoms with Crippen LogP contribution in [-0.4, -0.2) is 29.3 Å². The van der Waals surface area contributed by atoms with E-state index in [4.69, 9.17) is 4.74 Å². The molecule has 1 saturated carbocycles. The van der Waals surface area contributed by atoms with Gasteiger partial charge in [-0.1, -0.05) is 18.2 Å². The van der Waals surface area contributed by atoms with Crippen LogP contribution in [0.4, 0.5) is 0 Å². The van der Waals surface area contributed by atoms with E-state index >= 15 is 0 Å². The van der Waals surface area contributed by atoms with Crippen LogP contribution in [0.3, 0.4) is 0 Å². The van der Waals surface area contributed by atoms with Crippen molar-refractivity contribution in [2.24, 2.45) is 5.41 Å². The SMILES string of the molecule is COc1ccccc1[C@@H]1CCC(C(=O)O)(C(=O)O)C1. The molecule has 102 valence electrons. The van der Waals surface area contributed by atoms with Crippen molar-refractivity contribution in [1.29, 1.82) is 0 Å². The zero-order chi connectivity index (χ0) is 14.0. The minimum atomic E-state index is -1.66. The van der Waals surface area contributed by atoms with Gasteiger partial charge in [-0.05, 0) is 36.8 Å². The largest absolute Gasteiger partial charge is 0.496 e. The average Bonchev–Trinajstić information content (AvgIpc) is 2.85. The minimum absolute atomic E-state index is 0.0941. The number of rotatable bonds is 4. The van der Waals surface area contributed by atoms with Crippen LogP contribution in [0.15, 0.2) is 24.3 Å². The van der Waals surface area contributed by atoms with Crippen molar-refractivity contribution in [2.45, 2.75) is 25.2 Å². The number of benzene rings is 1. The summed E-state index contributed by atoms with van der Waals surface area (Å²) < 4.78 is 5.25. The molecule has 1 aromatic carbocycles. The van der Waals surface area contributed by atoms with Gasteiger partial charge in [-0.3, -0.25) is 9.59 Å². The van der Waals surface area contributed by atoms with E-state index in [1.54, 1.807) is 13.2 Å². The highest BCUT2D eigenvalue weighted by molar-refractivity contribution is 5.98. The van der Waals surface area contributed by atoms with Crippen LogP contribution >= 0.6 is 0 Å². The molecule has 5 nitrogen and oxygen atoms in total. The number of hydrogen-bond donors (Lipinski definition) is 2. The smallest absolute Gasteiger partial charge is 0.321 e. The molecule has 0 saturated heterocycles. The third-order valence-corrected chi connectivity index (χ3v) is 3.91. The molecule has 5 heteroatoms. The quantitative estimate of drug-likeness (QED) is 0.814. The van der Waals surface area contributed by atoms with Crippen molar-refractivity contribution in [3.8, 4) is 5.75 Å². The van der Waals surface area contributed by atoms with Crippen LogP contribution in [-0.2, 0) is 9.59 Å². The van der Waals surface area contributed by atoms with Gasteiger partial charge >= 0.3 is 11.9 Å². The molecule has 2 rings (SSSR count). The molecule has 1 aromatic rings. The zero-order valence-corrected chi connectivity index (χ0v) is 10.6. The van der Waals surface area contributed by atoms with E-state index in [9.17, 15) is 19.8 Å². The Hall–Kier alpha value is -2.04. The predicted molar refractivity (Wildman–Crippen MR) is 67.3 cm³/mol. The number of aliphatic carboxylic acids is 2. The first kappa shape index (κ1) is 13.4. The number of methoxy groups -OCH3 is 1. The molecule has 2 N–H and O–H groups in total. The van der Waals surface area contributed by atoms with E-state index in [0.29, 0.717) is 12.2 Å². The summed E-state index contributed by atoms with van der Waals surface area (Å²) in [5.41, 5.74) is -0.778. The molecule has 0 heterocycles. The van der Waals surface area contributed by atoms with Gasteiger partial charge in [-0.25, -0.2) is 0 Å². The van der Waals surface area contributed by atoms with E-state index < -0.39 is 17.4 Å². The Kier molecular flexibility index (Phi) is 3.46. The first-order valence-electron chi connectivity index (χ1n) is 6.11. The summed E-state index contributed by atoms with van der Waals surface area (Å²) >= 11 is 0. The van der Waals surface area contributed by atoms with Crippen LogP contribution in [0.5, 0.6) is 5.75 Å². The average molecular weight is 264 g/mol. The summed E-state index contributed by atoms with van der Waals surface area (Å²) in [6, 6.07) is 7.35. The maximum Gasteiger partial charge on any atom is 0.321 e. The molecule has 1 fully saturated rings. The lowest BCUT2D eigenvalue weighted by Crippen LogP contribution is -2.36. The second-order valence-electron chi connectivity index (χ2n) is 4.87. The molecule has 0 unspecified atom stereocenters. The molecule has 1 aliphatic rings. The van der Waals surface area contributed by atoms with E-state index in [0.717, 1.165) is 5.56 Å². The summed E-state index contributed by atoms with van der Waals surface area (Å²) in [6.07, 6.45) is 0.803. The lowest BCUT2D eigenvalue weighted by molar-refractivity contribution is -0.164. The second kappa shape index (κ2) is 4.91. The van der Waals surface area contributed by atoms with Gasteiger partial charge in [0.1, 0.15) is 5.75 Å². The monoisotopic (exact) mass is 264 g/mol. The Labute approximate surface area is 110 Å². The lowest BCUT2D eigenvalue weighted by atomic mass is 9.84. The van der Waals surface area contributed by atoms with Gasteiger partial charge in [0.25, 0.3) is 0 Å². The van der Waals surface area contributed by atoms with Crippen LogP contribution in [0, 0.1) is 5.41 Å². The predicted octanol–water partition coefficient (Wildman–Crippen LogP) is 2.12. The standard InChI is InChI=1S/C14H16O5/c1-19-11-5-3-2-4-10(11)9-6-7-14(8-9,12(15)16)13(17)18/h2-5,9H,6-8H2,1H3,(H,15,16)(H,17,18)/t9-/m1/s1. The maximum atomic E-state index is 11.3. The molecular weight excluding hydrogens is 248 g/mol. The molecule has 0 radical (unpaired) electrons. The van der Waals surface area contributed by atoms with Gasteiger partial charge in [-0.15, -0.1) is 0 Å². The normalized spacial score (nSPS) is 21.0. The van der Waals surface area contributed by atoms with Gasteiger partial charge in [0.05, 0.1) is 7.11 Å². The summed E-state index contributed by atoms with van der Waals surface area (Å²) in [7, 11) is 1.55. The summed E-state index contributed by atoms with van der Waals surface area (Å²) in [5, 5.41) is 18.4. The molecule has 0 spiro atoms. The molecule has 0 aliphatic heterocycles. The summed E-state index contributed by atoms with van der Waals surface area (Å²) in [6.45, 7) is 0. The molecule has 0 bridgehead atoms. The number of hydrogen-bond acceptors (Lipinski definition) is 3. The highest BCUT2D eigenvalue weighted by Crippen LogP contribution is 2.48. The van der Waals surface area contributed by atoms with Crippen LogP contribution in [0.2, 0.25) is 0 Å². The lowest BCUT2D eigenvalue weighted by Gasteiger charge is -2.19. The highest BCUT2D eigenvalue weighted by Gasteiger charge is 2.52. The number of para-hydroxylation sites is 1. The van der Waals surface area contributed by atoms with E-state index in [1.165, 1.54) is 0 Å². The molecular formula is C14H16O5. The Morgan fingerprint density at radius 1 is 1.26 bits per heavy atom. The van der Waals surface area contributed by atoms with Gasteiger partial charge in [0, 0.05) is 0 Å². The number of carboxylic acids is 2. The summed E-state index contributed by atoms with van der Waals surface area (Å²) in [4.78, 5) is 22.6. The van der Waals surface area contributed by atoms with E-state index in [-0.39, 0.29) is 18.8 Å². The first-order chi connectivity index (χ1) is 9.01. The maximum absolute atomic E-state index is 11.3. The van der Waals surface area contributed by atoms with Crippen LogP contribution in [0.1, 0.15) is 30.7 Å². The first-order valence-corrected chi connectivity index (χ1v) is 6.11. The Bertz CT molecular complexity index is 494. The van der Waals surface area contributed by atoms with Gasteiger partial charge in [0.2, 0.25) is 0 Å². The summed E-state index contributed by atoms with van der Waals surface area (Å²) in [5.74, 6) is -1.92. The molecule has 1 aliphatic carbocycles. The fraction of sp³-hybridized carbons (Fsp3) is 0.429. The van der Waals surface area contributed by atoms with Crippen LogP contribution in [0.25, 0.3) is 0 Å². The Balaban J connectivity index is 2.31. The van der Waals surface area contributed by atoms with Gasteiger partial charge < -0.3 is 14.9 Å². The van der Waals surface area contributed by atoms with Crippen LogP contribution < -0.4 is 4.74 Å². The number of carbonyl (C=O) groups is 2. The Morgan fingerprint density at radius 2 is 1.89 bits per heavy atom.